The predicted molar refractivity (Wildman–Crippen MR) is 94.7 cm³/mol. The maximum absolute atomic E-state index is 13.0. The van der Waals surface area contributed by atoms with Crippen molar-refractivity contribution in [1.29, 1.82) is 0 Å². The molecule has 0 unspecified atom stereocenters. The van der Waals surface area contributed by atoms with Crippen molar-refractivity contribution in [1.82, 2.24) is 9.47 Å². The van der Waals surface area contributed by atoms with Crippen molar-refractivity contribution in [3.05, 3.63) is 70.1 Å². The van der Waals surface area contributed by atoms with Crippen molar-refractivity contribution in [3.8, 4) is 0 Å². The molecule has 1 amide bonds. The number of amides is 1. The quantitative estimate of drug-likeness (QED) is 0.863. The van der Waals surface area contributed by atoms with Crippen molar-refractivity contribution < 1.29 is 9.53 Å². The zero-order valence-electron chi connectivity index (χ0n) is 14.1. The molecule has 0 radical (unpaired) electrons. The number of nitrogens with zero attached hydrogens (tertiary/aromatic N) is 2. The van der Waals surface area contributed by atoms with E-state index in [0.29, 0.717) is 19.7 Å². The lowest BCUT2D eigenvalue weighted by atomic mass is 10.1. The molecular weight excluding hydrogens is 316 g/mol. The molecule has 0 N–H and O–H groups in total. The molecule has 1 saturated carbocycles. The standard InChI is InChI=1S/C20H22N2O3/c23-19-16(8-5-11-21(19)14-15-6-2-1-3-7-15)20(24)22-12-13-25-18-10-4-9-17(18)22/h1-3,5-8,11,17-18H,4,9-10,12-14H2/t17-,18+/m0/s1. The Labute approximate surface area is 146 Å². The Bertz CT molecular complexity index is 815. The number of aromatic nitrogens is 1. The maximum Gasteiger partial charge on any atom is 0.263 e. The zero-order chi connectivity index (χ0) is 17.2. The van der Waals surface area contributed by atoms with E-state index in [0.717, 1.165) is 24.8 Å². The van der Waals surface area contributed by atoms with Crippen LogP contribution in [0, 0.1) is 0 Å². The fraction of sp³-hybridized carbons (Fsp3) is 0.400. The summed E-state index contributed by atoms with van der Waals surface area (Å²) in [4.78, 5) is 27.7. The van der Waals surface area contributed by atoms with E-state index in [-0.39, 0.29) is 29.2 Å². The summed E-state index contributed by atoms with van der Waals surface area (Å²) in [7, 11) is 0. The van der Waals surface area contributed by atoms with Crippen LogP contribution in [-0.2, 0) is 11.3 Å². The second-order valence-corrected chi connectivity index (χ2v) is 6.75. The van der Waals surface area contributed by atoms with E-state index in [4.69, 9.17) is 4.74 Å². The van der Waals surface area contributed by atoms with Gasteiger partial charge in [-0.1, -0.05) is 30.3 Å². The Morgan fingerprint density at radius 1 is 1.12 bits per heavy atom. The summed E-state index contributed by atoms with van der Waals surface area (Å²) in [5, 5.41) is 0. The average molecular weight is 338 g/mol. The van der Waals surface area contributed by atoms with Gasteiger partial charge < -0.3 is 14.2 Å². The summed E-state index contributed by atoms with van der Waals surface area (Å²) in [6.07, 6.45) is 4.91. The monoisotopic (exact) mass is 338 g/mol. The minimum Gasteiger partial charge on any atom is -0.374 e. The molecule has 1 aromatic heterocycles. The molecule has 2 aromatic rings. The first-order valence-corrected chi connectivity index (χ1v) is 8.90. The van der Waals surface area contributed by atoms with Crippen LogP contribution in [0.4, 0.5) is 0 Å². The molecule has 0 spiro atoms. The molecule has 2 fully saturated rings. The molecule has 2 aliphatic rings. The van der Waals surface area contributed by atoms with E-state index in [9.17, 15) is 9.59 Å². The minimum atomic E-state index is -0.225. The molecule has 1 aliphatic heterocycles. The largest absolute Gasteiger partial charge is 0.374 e. The number of hydrogen-bond donors (Lipinski definition) is 0. The fourth-order valence-electron chi connectivity index (χ4n) is 3.94. The van der Waals surface area contributed by atoms with Gasteiger partial charge in [0.15, 0.2) is 0 Å². The molecule has 2 atom stereocenters. The third-order valence-corrected chi connectivity index (χ3v) is 5.19. The Balaban J connectivity index is 1.61. The summed E-state index contributed by atoms with van der Waals surface area (Å²) in [6, 6.07) is 13.3. The smallest absolute Gasteiger partial charge is 0.263 e. The number of fused-ring (bicyclic) bond motifs is 1. The third kappa shape index (κ3) is 3.12. The van der Waals surface area contributed by atoms with Crippen LogP contribution in [0.15, 0.2) is 53.5 Å². The Hall–Kier alpha value is -2.40. The van der Waals surface area contributed by atoms with Gasteiger partial charge >= 0.3 is 0 Å². The Morgan fingerprint density at radius 2 is 1.96 bits per heavy atom. The van der Waals surface area contributed by atoms with Crippen LogP contribution in [0.5, 0.6) is 0 Å². The van der Waals surface area contributed by atoms with E-state index < -0.39 is 0 Å². The van der Waals surface area contributed by atoms with Gasteiger partial charge in [-0.2, -0.15) is 0 Å². The predicted octanol–water partition coefficient (Wildman–Crippen LogP) is 2.29. The molecule has 4 rings (SSSR count). The summed E-state index contributed by atoms with van der Waals surface area (Å²) in [5.74, 6) is -0.160. The normalized spacial score (nSPS) is 22.6. The van der Waals surface area contributed by atoms with Gasteiger partial charge in [-0.25, -0.2) is 0 Å². The van der Waals surface area contributed by atoms with Crippen molar-refractivity contribution in [2.24, 2.45) is 0 Å². The van der Waals surface area contributed by atoms with Crippen LogP contribution in [0.2, 0.25) is 0 Å². The lowest BCUT2D eigenvalue weighted by molar-refractivity contribution is -0.0446. The van der Waals surface area contributed by atoms with Crippen LogP contribution in [0.3, 0.4) is 0 Å². The molecule has 1 saturated heterocycles. The number of carbonyl (C=O) groups excluding carboxylic acids is 1. The topological polar surface area (TPSA) is 51.5 Å². The highest BCUT2D eigenvalue weighted by Gasteiger charge is 2.39. The lowest BCUT2D eigenvalue weighted by Crippen LogP contribution is -2.52. The van der Waals surface area contributed by atoms with Crippen LogP contribution in [0.1, 0.15) is 35.2 Å². The summed E-state index contributed by atoms with van der Waals surface area (Å²) in [5.41, 5.74) is 1.07. The summed E-state index contributed by atoms with van der Waals surface area (Å²) >= 11 is 0. The van der Waals surface area contributed by atoms with Crippen LogP contribution < -0.4 is 5.56 Å². The number of benzene rings is 1. The second kappa shape index (κ2) is 6.84. The van der Waals surface area contributed by atoms with E-state index in [1.165, 1.54) is 0 Å². The number of hydrogen-bond acceptors (Lipinski definition) is 3. The highest BCUT2D eigenvalue weighted by molar-refractivity contribution is 5.94. The molecule has 5 heteroatoms. The lowest BCUT2D eigenvalue weighted by Gasteiger charge is -2.37. The van der Waals surface area contributed by atoms with Gasteiger partial charge in [-0.05, 0) is 37.0 Å². The first-order valence-electron chi connectivity index (χ1n) is 8.90. The van der Waals surface area contributed by atoms with E-state index in [2.05, 4.69) is 0 Å². The number of carbonyl (C=O) groups is 1. The van der Waals surface area contributed by atoms with Gasteiger partial charge in [-0.15, -0.1) is 0 Å². The molecule has 0 bridgehead atoms. The van der Waals surface area contributed by atoms with E-state index >= 15 is 0 Å². The van der Waals surface area contributed by atoms with Crippen molar-refractivity contribution in [2.75, 3.05) is 13.2 Å². The Morgan fingerprint density at radius 3 is 2.80 bits per heavy atom. The van der Waals surface area contributed by atoms with Gasteiger partial charge in [0.25, 0.3) is 11.5 Å². The second-order valence-electron chi connectivity index (χ2n) is 6.75. The SMILES string of the molecule is O=C(c1cccn(Cc2ccccc2)c1=O)N1CCO[C@@H]2CCC[C@@H]21. The molecule has 25 heavy (non-hydrogen) atoms. The number of rotatable bonds is 3. The average Bonchev–Trinajstić information content (AvgIpc) is 3.12. The van der Waals surface area contributed by atoms with Gasteiger partial charge in [-0.3, -0.25) is 9.59 Å². The van der Waals surface area contributed by atoms with E-state index in [1.807, 2.05) is 35.2 Å². The van der Waals surface area contributed by atoms with Gasteiger partial charge in [0.1, 0.15) is 5.56 Å². The maximum atomic E-state index is 13.0. The number of ether oxygens (including phenoxy) is 1. The highest BCUT2D eigenvalue weighted by atomic mass is 16.5. The van der Waals surface area contributed by atoms with Crippen molar-refractivity contribution in [2.45, 2.75) is 38.0 Å². The van der Waals surface area contributed by atoms with E-state index in [1.54, 1.807) is 22.9 Å². The summed E-state index contributed by atoms with van der Waals surface area (Å²) < 4.78 is 7.38. The van der Waals surface area contributed by atoms with Crippen LogP contribution >= 0.6 is 0 Å². The van der Waals surface area contributed by atoms with Gasteiger partial charge in [0, 0.05) is 12.7 Å². The molecular formula is C20H22N2O3. The van der Waals surface area contributed by atoms with Crippen LogP contribution in [0.25, 0.3) is 0 Å². The fourth-order valence-corrected chi connectivity index (χ4v) is 3.94. The van der Waals surface area contributed by atoms with Crippen LogP contribution in [-0.4, -0.2) is 40.7 Å². The zero-order valence-corrected chi connectivity index (χ0v) is 14.1. The number of pyridine rings is 1. The molecule has 1 aliphatic carbocycles. The third-order valence-electron chi connectivity index (χ3n) is 5.19. The first kappa shape index (κ1) is 16.1. The summed E-state index contributed by atoms with van der Waals surface area (Å²) in [6.45, 7) is 1.58. The molecule has 2 heterocycles. The van der Waals surface area contributed by atoms with Gasteiger partial charge in [0.05, 0.1) is 25.3 Å². The van der Waals surface area contributed by atoms with Gasteiger partial charge in [0.2, 0.25) is 0 Å². The minimum absolute atomic E-state index is 0.114. The highest BCUT2D eigenvalue weighted by Crippen LogP contribution is 2.30. The molecule has 1 aromatic carbocycles. The number of morpholine rings is 1. The van der Waals surface area contributed by atoms with Crippen molar-refractivity contribution >= 4 is 5.91 Å². The molecule has 5 nitrogen and oxygen atoms in total. The Kier molecular flexibility index (Phi) is 4.40. The first-order chi connectivity index (χ1) is 12.2. The molecule has 130 valence electrons. The van der Waals surface area contributed by atoms with Crippen molar-refractivity contribution in [3.63, 3.8) is 0 Å².